The molecule has 0 saturated carbocycles. The van der Waals surface area contributed by atoms with Gasteiger partial charge in [-0.25, -0.2) is 8.91 Å². The molecule has 0 fully saturated rings. The summed E-state index contributed by atoms with van der Waals surface area (Å²) in [5, 5.41) is 16.1. The number of allylic oxidation sites excluding steroid dienone is 1. The molecule has 4 rings (SSSR count). The van der Waals surface area contributed by atoms with Gasteiger partial charge in [0.15, 0.2) is 0 Å². The molecule has 4 aromatic rings. The maximum Gasteiger partial charge on any atom is 0.123 e. The van der Waals surface area contributed by atoms with Crippen LogP contribution in [0.2, 0.25) is 0 Å². The predicted molar refractivity (Wildman–Crippen MR) is 108 cm³/mol. The van der Waals surface area contributed by atoms with Crippen LogP contribution in [0.3, 0.4) is 0 Å². The Morgan fingerprint density at radius 2 is 1.85 bits per heavy atom. The maximum atomic E-state index is 13.5. The lowest BCUT2D eigenvalue weighted by molar-refractivity contribution is 0.471. The van der Waals surface area contributed by atoms with E-state index in [0.29, 0.717) is 6.42 Å². The van der Waals surface area contributed by atoms with E-state index in [-0.39, 0.29) is 11.7 Å². The highest BCUT2D eigenvalue weighted by Gasteiger charge is 2.23. The van der Waals surface area contributed by atoms with Crippen LogP contribution in [0, 0.1) is 5.82 Å². The van der Waals surface area contributed by atoms with E-state index in [4.69, 9.17) is 5.10 Å². The van der Waals surface area contributed by atoms with Gasteiger partial charge in [-0.3, -0.25) is 0 Å². The Balaban J connectivity index is 2.19. The summed E-state index contributed by atoms with van der Waals surface area (Å²) in [6.07, 6.45) is 5.27. The van der Waals surface area contributed by atoms with Crippen molar-refractivity contribution in [2.45, 2.75) is 26.2 Å². The zero-order valence-electron chi connectivity index (χ0n) is 15.4. The van der Waals surface area contributed by atoms with Crippen molar-refractivity contribution in [3.8, 4) is 11.1 Å². The van der Waals surface area contributed by atoms with Crippen LogP contribution in [-0.2, 0) is 6.42 Å². The molecule has 2 aromatic heterocycles. The first-order valence-electron chi connectivity index (χ1n) is 9.08. The normalized spacial score (nSPS) is 12.0. The first kappa shape index (κ1) is 17.3. The summed E-state index contributed by atoms with van der Waals surface area (Å²) in [5.41, 5.74) is 5.21. The van der Waals surface area contributed by atoms with Gasteiger partial charge in [-0.05, 0) is 41.7 Å². The van der Waals surface area contributed by atoms with E-state index in [2.05, 4.69) is 19.9 Å². The van der Waals surface area contributed by atoms with Crippen molar-refractivity contribution in [1.82, 2.24) is 9.61 Å². The molecule has 0 amide bonds. The fourth-order valence-electron chi connectivity index (χ4n) is 3.84. The molecule has 0 spiro atoms. The van der Waals surface area contributed by atoms with Crippen molar-refractivity contribution in [3.05, 3.63) is 84.1 Å². The number of aromatic nitrogens is 2. The minimum atomic E-state index is -0.258. The minimum Gasteiger partial charge on any atom is -0.516 e. The van der Waals surface area contributed by atoms with Crippen LogP contribution >= 0.6 is 0 Å². The van der Waals surface area contributed by atoms with Crippen molar-refractivity contribution in [3.63, 3.8) is 0 Å². The van der Waals surface area contributed by atoms with Crippen molar-refractivity contribution in [1.29, 1.82) is 0 Å². The van der Waals surface area contributed by atoms with E-state index in [1.807, 2.05) is 41.0 Å². The van der Waals surface area contributed by atoms with E-state index in [1.165, 1.54) is 12.1 Å². The number of aliphatic hydroxyl groups is 1. The van der Waals surface area contributed by atoms with Crippen molar-refractivity contribution in [2.24, 2.45) is 0 Å². The quantitative estimate of drug-likeness (QED) is 0.451. The Bertz CT molecular complexity index is 1140. The van der Waals surface area contributed by atoms with E-state index in [1.54, 1.807) is 6.08 Å². The highest BCUT2D eigenvalue weighted by atomic mass is 19.1. The van der Waals surface area contributed by atoms with Crippen LogP contribution in [0.15, 0.2) is 67.1 Å². The molecule has 136 valence electrons. The molecule has 0 bridgehead atoms. The number of rotatable bonds is 4. The topological polar surface area (TPSA) is 37.5 Å². The Kier molecular flexibility index (Phi) is 4.40. The van der Waals surface area contributed by atoms with Gasteiger partial charge in [0.05, 0.1) is 18.0 Å². The Morgan fingerprint density at radius 3 is 2.56 bits per heavy atom. The molecule has 0 unspecified atom stereocenters. The van der Waals surface area contributed by atoms with Gasteiger partial charge in [-0.1, -0.05) is 50.2 Å². The molecule has 0 aliphatic rings. The lowest BCUT2D eigenvalue weighted by Crippen LogP contribution is -2.01. The molecular formula is C23H21FN2O. The van der Waals surface area contributed by atoms with Gasteiger partial charge in [-0.15, -0.1) is 0 Å². The minimum absolute atomic E-state index is 0.238. The van der Waals surface area contributed by atoms with Crippen molar-refractivity contribution in [2.75, 3.05) is 0 Å². The molecule has 0 aliphatic heterocycles. The number of fused-ring (bicyclic) bond motifs is 3. The fourth-order valence-corrected chi connectivity index (χ4v) is 3.84. The average molecular weight is 360 g/mol. The molecule has 1 N–H and O–H groups in total. The summed E-state index contributed by atoms with van der Waals surface area (Å²) in [4.78, 5) is 0. The highest BCUT2D eigenvalue weighted by molar-refractivity contribution is 6.04. The number of halogens is 1. The third kappa shape index (κ3) is 2.87. The standard InChI is InChI=1S/C23H21FN2O/c1-15(2)22-20(8-5-13-27)21(16-9-11-18(24)12-10-16)23-19-7-4-3-6-17(19)14-25-26(22)23/h3-7,9-15,27H,8H2,1-2H3/b13-5+. The first-order chi connectivity index (χ1) is 13.1. The summed E-state index contributed by atoms with van der Waals surface area (Å²) in [5.74, 6) is -0.0198. The van der Waals surface area contributed by atoms with E-state index in [0.717, 1.165) is 44.9 Å². The molecular weight excluding hydrogens is 339 g/mol. The summed E-state index contributed by atoms with van der Waals surface area (Å²) >= 11 is 0. The first-order valence-corrected chi connectivity index (χ1v) is 9.08. The van der Waals surface area contributed by atoms with E-state index < -0.39 is 0 Å². The summed E-state index contributed by atoms with van der Waals surface area (Å²) in [7, 11) is 0. The maximum absolute atomic E-state index is 13.5. The second-order valence-corrected chi connectivity index (χ2v) is 6.98. The van der Waals surface area contributed by atoms with Gasteiger partial charge in [0.25, 0.3) is 0 Å². The summed E-state index contributed by atoms with van der Waals surface area (Å²) in [6, 6.07) is 14.7. The Labute approximate surface area is 157 Å². The van der Waals surface area contributed by atoms with Gasteiger partial charge in [0, 0.05) is 22.0 Å². The zero-order valence-corrected chi connectivity index (χ0v) is 15.4. The summed E-state index contributed by atoms with van der Waals surface area (Å²) < 4.78 is 15.6. The molecule has 0 aliphatic carbocycles. The van der Waals surface area contributed by atoms with Crippen LogP contribution in [0.1, 0.15) is 31.0 Å². The Hall–Kier alpha value is -3.14. The number of hydrogen-bond donors (Lipinski definition) is 1. The van der Waals surface area contributed by atoms with E-state index in [9.17, 15) is 9.50 Å². The van der Waals surface area contributed by atoms with Crippen LogP contribution in [0.5, 0.6) is 0 Å². The number of nitrogens with zero attached hydrogens (tertiary/aromatic N) is 2. The number of hydrogen-bond acceptors (Lipinski definition) is 2. The summed E-state index contributed by atoms with van der Waals surface area (Å²) in [6.45, 7) is 4.28. The van der Waals surface area contributed by atoms with E-state index >= 15 is 0 Å². The average Bonchev–Trinajstić information content (AvgIpc) is 3.01. The lowest BCUT2D eigenvalue weighted by atomic mass is 9.94. The molecule has 0 atom stereocenters. The number of aliphatic hydroxyl groups excluding tert-OH is 1. The van der Waals surface area contributed by atoms with Gasteiger partial charge in [-0.2, -0.15) is 5.10 Å². The van der Waals surface area contributed by atoms with Crippen LogP contribution in [0.25, 0.3) is 27.4 Å². The van der Waals surface area contributed by atoms with Crippen molar-refractivity contribution < 1.29 is 9.50 Å². The largest absolute Gasteiger partial charge is 0.516 e. The molecule has 0 radical (unpaired) electrons. The SMILES string of the molecule is CC(C)c1c(C/C=C/O)c(-c2ccc(F)cc2)c2c3ccccc3cnn12. The third-order valence-electron chi connectivity index (χ3n) is 4.92. The highest BCUT2D eigenvalue weighted by Crippen LogP contribution is 2.39. The van der Waals surface area contributed by atoms with Gasteiger partial charge in [0.1, 0.15) is 5.82 Å². The Morgan fingerprint density at radius 1 is 1.11 bits per heavy atom. The molecule has 2 aromatic carbocycles. The fraction of sp³-hybridized carbons (Fsp3) is 0.174. The lowest BCUT2D eigenvalue weighted by Gasteiger charge is -2.09. The molecule has 2 heterocycles. The predicted octanol–water partition coefficient (Wildman–Crippen LogP) is 6.03. The molecule has 27 heavy (non-hydrogen) atoms. The third-order valence-corrected chi connectivity index (χ3v) is 4.92. The molecule has 4 heteroatoms. The smallest absolute Gasteiger partial charge is 0.123 e. The van der Waals surface area contributed by atoms with Gasteiger partial charge in [0.2, 0.25) is 0 Å². The monoisotopic (exact) mass is 360 g/mol. The van der Waals surface area contributed by atoms with Crippen molar-refractivity contribution >= 4 is 16.3 Å². The van der Waals surface area contributed by atoms with Crippen LogP contribution in [-0.4, -0.2) is 14.7 Å². The zero-order chi connectivity index (χ0) is 19.0. The van der Waals surface area contributed by atoms with Gasteiger partial charge < -0.3 is 5.11 Å². The molecule has 0 saturated heterocycles. The molecule has 3 nitrogen and oxygen atoms in total. The van der Waals surface area contributed by atoms with Crippen LogP contribution < -0.4 is 0 Å². The van der Waals surface area contributed by atoms with Crippen LogP contribution in [0.4, 0.5) is 4.39 Å². The van der Waals surface area contributed by atoms with Gasteiger partial charge >= 0.3 is 0 Å². The number of benzene rings is 2. The second-order valence-electron chi connectivity index (χ2n) is 6.98. The second kappa shape index (κ2) is 6.88.